The first-order chi connectivity index (χ1) is 7.42. The van der Waals surface area contributed by atoms with Gasteiger partial charge in [-0.3, -0.25) is 0 Å². The van der Waals surface area contributed by atoms with Crippen LogP contribution in [0.1, 0.15) is 25.7 Å². The summed E-state index contributed by atoms with van der Waals surface area (Å²) in [4.78, 5) is 0. The van der Waals surface area contributed by atoms with Gasteiger partial charge in [0.05, 0.1) is 6.61 Å². The molecule has 3 heteroatoms. The molecule has 15 heavy (non-hydrogen) atoms. The monoisotopic (exact) mass is 212 g/mol. The predicted octanol–water partition coefficient (Wildman–Crippen LogP) is 1.00. The van der Waals surface area contributed by atoms with Gasteiger partial charge in [-0.2, -0.15) is 0 Å². The first kappa shape index (κ1) is 11.4. The minimum absolute atomic E-state index is 0.814. The number of methoxy groups -OCH3 is 1. The molecule has 2 saturated carbocycles. The lowest BCUT2D eigenvalue weighted by molar-refractivity contribution is 0.199. The van der Waals surface area contributed by atoms with Gasteiger partial charge in [0, 0.05) is 32.8 Å². The quantitative estimate of drug-likeness (QED) is 0.559. The van der Waals surface area contributed by atoms with Crippen LogP contribution in [0, 0.1) is 11.8 Å². The fraction of sp³-hybridized carbons (Fsp3) is 1.00. The molecule has 0 amide bonds. The van der Waals surface area contributed by atoms with Crippen molar-refractivity contribution in [2.75, 3.05) is 33.4 Å². The number of nitrogens with one attached hydrogen (secondary N) is 2. The van der Waals surface area contributed by atoms with Gasteiger partial charge in [-0.1, -0.05) is 0 Å². The Labute approximate surface area is 93.0 Å². The van der Waals surface area contributed by atoms with E-state index in [4.69, 9.17) is 4.74 Å². The molecule has 0 heterocycles. The Balaban J connectivity index is 1.48. The van der Waals surface area contributed by atoms with Gasteiger partial charge < -0.3 is 15.4 Å². The molecule has 0 aliphatic heterocycles. The largest absolute Gasteiger partial charge is 0.383 e. The molecule has 0 saturated heterocycles. The highest BCUT2D eigenvalue weighted by atomic mass is 16.5. The standard InChI is InChI=1S/C12H24N2O/c1-15-9-8-13-6-7-14-12(10-2-3-10)11-4-5-11/h10-14H,2-9H2,1H3. The molecule has 2 rings (SSSR count). The van der Waals surface area contributed by atoms with Crippen molar-refractivity contribution in [3.63, 3.8) is 0 Å². The lowest BCUT2D eigenvalue weighted by atomic mass is 10.1. The molecule has 0 aromatic rings. The number of rotatable bonds is 9. The Bertz CT molecular complexity index is 166. The molecule has 0 bridgehead atoms. The highest BCUT2D eigenvalue weighted by molar-refractivity contribution is 4.96. The summed E-state index contributed by atoms with van der Waals surface area (Å²) >= 11 is 0. The third-order valence-corrected chi connectivity index (χ3v) is 3.42. The van der Waals surface area contributed by atoms with Gasteiger partial charge in [0.25, 0.3) is 0 Å². The molecule has 0 unspecified atom stereocenters. The molecule has 88 valence electrons. The number of hydrogen-bond donors (Lipinski definition) is 2. The second-order valence-electron chi connectivity index (χ2n) is 4.90. The number of hydrogen-bond acceptors (Lipinski definition) is 3. The van der Waals surface area contributed by atoms with Crippen LogP contribution in [-0.2, 0) is 4.74 Å². The SMILES string of the molecule is COCCNCCNC(C1CC1)C1CC1. The molecule has 0 atom stereocenters. The van der Waals surface area contributed by atoms with Gasteiger partial charge in [-0.25, -0.2) is 0 Å². The zero-order valence-corrected chi connectivity index (χ0v) is 9.80. The third-order valence-electron chi connectivity index (χ3n) is 3.42. The first-order valence-electron chi connectivity index (χ1n) is 6.35. The van der Waals surface area contributed by atoms with E-state index in [1.807, 2.05) is 0 Å². The van der Waals surface area contributed by atoms with Crippen LogP contribution in [0.2, 0.25) is 0 Å². The average molecular weight is 212 g/mol. The Morgan fingerprint density at radius 3 is 2.27 bits per heavy atom. The zero-order chi connectivity index (χ0) is 10.5. The Morgan fingerprint density at radius 2 is 1.73 bits per heavy atom. The second kappa shape index (κ2) is 5.83. The van der Waals surface area contributed by atoms with Gasteiger partial charge in [0.2, 0.25) is 0 Å². The minimum atomic E-state index is 0.814. The van der Waals surface area contributed by atoms with Crippen LogP contribution >= 0.6 is 0 Å². The molecule has 2 fully saturated rings. The fourth-order valence-electron chi connectivity index (χ4n) is 2.26. The van der Waals surface area contributed by atoms with Crippen molar-refractivity contribution in [2.24, 2.45) is 11.8 Å². The van der Waals surface area contributed by atoms with Gasteiger partial charge >= 0.3 is 0 Å². The first-order valence-corrected chi connectivity index (χ1v) is 6.35. The molecule has 2 N–H and O–H groups in total. The van der Waals surface area contributed by atoms with E-state index in [1.165, 1.54) is 25.7 Å². The molecule has 0 aromatic carbocycles. The van der Waals surface area contributed by atoms with Crippen molar-refractivity contribution in [3.8, 4) is 0 Å². The van der Waals surface area contributed by atoms with E-state index in [1.54, 1.807) is 7.11 Å². The van der Waals surface area contributed by atoms with Crippen molar-refractivity contribution in [1.82, 2.24) is 10.6 Å². The molecule has 2 aliphatic rings. The molecule has 0 radical (unpaired) electrons. The molecule has 0 aromatic heterocycles. The van der Waals surface area contributed by atoms with Crippen LogP contribution < -0.4 is 10.6 Å². The fourth-order valence-corrected chi connectivity index (χ4v) is 2.26. The van der Waals surface area contributed by atoms with Crippen molar-refractivity contribution >= 4 is 0 Å². The maximum atomic E-state index is 4.98. The normalized spacial score (nSPS) is 21.2. The summed E-state index contributed by atoms with van der Waals surface area (Å²) in [5, 5.41) is 7.09. The predicted molar refractivity (Wildman–Crippen MR) is 62.0 cm³/mol. The number of ether oxygens (including phenoxy) is 1. The second-order valence-corrected chi connectivity index (χ2v) is 4.90. The minimum Gasteiger partial charge on any atom is -0.383 e. The molecular formula is C12H24N2O. The molecule has 0 spiro atoms. The maximum Gasteiger partial charge on any atom is 0.0587 e. The highest BCUT2D eigenvalue weighted by Gasteiger charge is 2.40. The van der Waals surface area contributed by atoms with Gasteiger partial charge in [-0.15, -0.1) is 0 Å². The van der Waals surface area contributed by atoms with Crippen molar-refractivity contribution in [1.29, 1.82) is 0 Å². The van der Waals surface area contributed by atoms with Crippen LogP contribution in [0.3, 0.4) is 0 Å². The van der Waals surface area contributed by atoms with Crippen molar-refractivity contribution in [3.05, 3.63) is 0 Å². The molecule has 2 aliphatic carbocycles. The van der Waals surface area contributed by atoms with Crippen LogP contribution in [0.25, 0.3) is 0 Å². The summed E-state index contributed by atoms with van der Waals surface area (Å²) in [6.45, 7) is 3.96. The molecular weight excluding hydrogens is 188 g/mol. The van der Waals surface area contributed by atoms with E-state index in [-0.39, 0.29) is 0 Å². The lowest BCUT2D eigenvalue weighted by Crippen LogP contribution is -2.38. The van der Waals surface area contributed by atoms with Crippen molar-refractivity contribution < 1.29 is 4.74 Å². The van der Waals surface area contributed by atoms with Gasteiger partial charge in [-0.05, 0) is 37.5 Å². The smallest absolute Gasteiger partial charge is 0.0587 e. The summed E-state index contributed by atoms with van der Waals surface area (Å²) in [7, 11) is 1.75. The summed E-state index contributed by atoms with van der Waals surface area (Å²) in [6, 6.07) is 0.842. The van der Waals surface area contributed by atoms with E-state index >= 15 is 0 Å². The summed E-state index contributed by atoms with van der Waals surface area (Å²) < 4.78 is 4.98. The van der Waals surface area contributed by atoms with Crippen LogP contribution in [0.5, 0.6) is 0 Å². The van der Waals surface area contributed by atoms with E-state index < -0.39 is 0 Å². The topological polar surface area (TPSA) is 33.3 Å². The summed E-state index contributed by atoms with van der Waals surface area (Å²) in [6.07, 6.45) is 5.85. The summed E-state index contributed by atoms with van der Waals surface area (Å²) in [5.74, 6) is 2.02. The van der Waals surface area contributed by atoms with E-state index in [0.29, 0.717) is 0 Å². The summed E-state index contributed by atoms with van der Waals surface area (Å²) in [5.41, 5.74) is 0. The van der Waals surface area contributed by atoms with Gasteiger partial charge in [0.15, 0.2) is 0 Å². The zero-order valence-electron chi connectivity index (χ0n) is 9.80. The average Bonchev–Trinajstić information content (AvgIpc) is 3.09. The highest BCUT2D eigenvalue weighted by Crippen LogP contribution is 2.44. The lowest BCUT2D eigenvalue weighted by Gasteiger charge is -2.17. The van der Waals surface area contributed by atoms with E-state index in [9.17, 15) is 0 Å². The van der Waals surface area contributed by atoms with Crippen LogP contribution in [0.4, 0.5) is 0 Å². The molecule has 3 nitrogen and oxygen atoms in total. The van der Waals surface area contributed by atoms with E-state index in [0.717, 1.165) is 44.1 Å². The Kier molecular flexibility index (Phi) is 4.42. The third kappa shape index (κ3) is 4.09. The van der Waals surface area contributed by atoms with E-state index in [2.05, 4.69) is 10.6 Å². The van der Waals surface area contributed by atoms with Crippen LogP contribution in [-0.4, -0.2) is 39.4 Å². The van der Waals surface area contributed by atoms with Gasteiger partial charge in [0.1, 0.15) is 0 Å². The maximum absolute atomic E-state index is 4.98. The Morgan fingerprint density at radius 1 is 1.07 bits per heavy atom. The van der Waals surface area contributed by atoms with Crippen molar-refractivity contribution in [2.45, 2.75) is 31.7 Å². The van der Waals surface area contributed by atoms with Crippen LogP contribution in [0.15, 0.2) is 0 Å². The Hall–Kier alpha value is -0.120.